The summed E-state index contributed by atoms with van der Waals surface area (Å²) in [6, 6.07) is 2.00. The van der Waals surface area contributed by atoms with Crippen molar-refractivity contribution in [2.24, 2.45) is 7.05 Å². The molecule has 0 aliphatic heterocycles. The molecule has 2 aromatic rings. The molecule has 18 heavy (non-hydrogen) atoms. The van der Waals surface area contributed by atoms with E-state index in [9.17, 15) is 0 Å². The lowest BCUT2D eigenvalue weighted by Gasteiger charge is -2.07. The Balaban J connectivity index is 2.10. The zero-order chi connectivity index (χ0) is 13.1. The number of anilines is 1. The molecule has 0 aliphatic rings. The maximum absolute atomic E-state index is 4.38. The van der Waals surface area contributed by atoms with Crippen molar-refractivity contribution in [2.75, 3.05) is 5.32 Å². The van der Waals surface area contributed by atoms with Crippen molar-refractivity contribution >= 4 is 5.82 Å². The van der Waals surface area contributed by atoms with Crippen molar-refractivity contribution in [2.45, 2.75) is 33.7 Å². The summed E-state index contributed by atoms with van der Waals surface area (Å²) in [6.45, 7) is 6.81. The number of nitrogens with one attached hydrogen (secondary N) is 1. The second-order valence-electron chi connectivity index (χ2n) is 4.38. The van der Waals surface area contributed by atoms with Gasteiger partial charge in [-0.25, -0.2) is 9.97 Å². The first kappa shape index (κ1) is 12.5. The third-order valence-electron chi connectivity index (χ3n) is 3.05. The fourth-order valence-corrected chi connectivity index (χ4v) is 1.80. The molecule has 0 atom stereocenters. The van der Waals surface area contributed by atoms with E-state index < -0.39 is 0 Å². The van der Waals surface area contributed by atoms with Crippen molar-refractivity contribution in [3.63, 3.8) is 0 Å². The highest BCUT2D eigenvalue weighted by atomic mass is 15.3. The zero-order valence-electron chi connectivity index (χ0n) is 11.4. The Kier molecular flexibility index (Phi) is 3.60. The largest absolute Gasteiger partial charge is 0.366 e. The van der Waals surface area contributed by atoms with Gasteiger partial charge < -0.3 is 5.32 Å². The van der Waals surface area contributed by atoms with E-state index in [1.54, 1.807) is 0 Å². The summed E-state index contributed by atoms with van der Waals surface area (Å²) in [5, 5.41) is 7.55. The Hall–Kier alpha value is -1.91. The molecule has 0 bridgehead atoms. The number of hydrogen-bond acceptors (Lipinski definition) is 4. The van der Waals surface area contributed by atoms with Crippen molar-refractivity contribution < 1.29 is 0 Å². The summed E-state index contributed by atoms with van der Waals surface area (Å²) >= 11 is 0. The SMILES string of the molecule is CCc1cc(NCc2cnn(C)c2C)nc(C)n1. The highest BCUT2D eigenvalue weighted by molar-refractivity contribution is 5.37. The molecule has 1 N–H and O–H groups in total. The molecule has 2 aromatic heterocycles. The fraction of sp³-hybridized carbons (Fsp3) is 0.462. The molecule has 0 amide bonds. The Morgan fingerprint density at radius 2 is 2.06 bits per heavy atom. The molecule has 0 aromatic carbocycles. The normalized spacial score (nSPS) is 10.7. The van der Waals surface area contributed by atoms with Crippen LogP contribution in [0.2, 0.25) is 0 Å². The highest BCUT2D eigenvalue weighted by Gasteiger charge is 2.05. The van der Waals surface area contributed by atoms with Gasteiger partial charge in [0, 0.05) is 36.6 Å². The van der Waals surface area contributed by atoms with Crippen molar-refractivity contribution in [3.8, 4) is 0 Å². The van der Waals surface area contributed by atoms with Crippen LogP contribution in [0.5, 0.6) is 0 Å². The van der Waals surface area contributed by atoms with E-state index >= 15 is 0 Å². The number of nitrogens with zero attached hydrogens (tertiary/aromatic N) is 4. The van der Waals surface area contributed by atoms with Gasteiger partial charge in [0.25, 0.3) is 0 Å². The molecule has 0 aliphatic carbocycles. The lowest BCUT2D eigenvalue weighted by Crippen LogP contribution is -2.05. The van der Waals surface area contributed by atoms with Gasteiger partial charge in [-0.2, -0.15) is 5.10 Å². The van der Waals surface area contributed by atoms with Crippen LogP contribution in [-0.4, -0.2) is 19.7 Å². The van der Waals surface area contributed by atoms with Crippen molar-refractivity contribution in [3.05, 3.63) is 35.0 Å². The lowest BCUT2D eigenvalue weighted by atomic mass is 10.2. The minimum absolute atomic E-state index is 0.735. The van der Waals surface area contributed by atoms with E-state index in [0.29, 0.717) is 0 Å². The molecule has 2 heterocycles. The molecule has 0 spiro atoms. The van der Waals surface area contributed by atoms with Gasteiger partial charge in [-0.05, 0) is 20.3 Å². The summed E-state index contributed by atoms with van der Waals surface area (Å²) in [6.07, 6.45) is 2.81. The summed E-state index contributed by atoms with van der Waals surface area (Å²) in [7, 11) is 1.95. The van der Waals surface area contributed by atoms with Gasteiger partial charge in [0.15, 0.2) is 0 Å². The van der Waals surface area contributed by atoms with Gasteiger partial charge in [-0.1, -0.05) is 6.92 Å². The average Bonchev–Trinajstić information content (AvgIpc) is 2.67. The van der Waals surface area contributed by atoms with Gasteiger partial charge in [-0.3, -0.25) is 4.68 Å². The number of hydrogen-bond donors (Lipinski definition) is 1. The smallest absolute Gasteiger partial charge is 0.130 e. The van der Waals surface area contributed by atoms with E-state index in [0.717, 1.165) is 30.3 Å². The third-order valence-corrected chi connectivity index (χ3v) is 3.05. The summed E-state index contributed by atoms with van der Waals surface area (Å²) in [5.74, 6) is 1.68. The minimum Gasteiger partial charge on any atom is -0.366 e. The second-order valence-corrected chi connectivity index (χ2v) is 4.38. The molecule has 2 rings (SSSR count). The second kappa shape index (κ2) is 5.16. The molecule has 0 saturated heterocycles. The number of rotatable bonds is 4. The molecular weight excluding hydrogens is 226 g/mol. The Morgan fingerprint density at radius 3 is 2.67 bits per heavy atom. The summed E-state index contributed by atoms with van der Waals surface area (Å²) in [5.41, 5.74) is 3.42. The van der Waals surface area contributed by atoms with E-state index in [2.05, 4.69) is 34.2 Å². The maximum atomic E-state index is 4.38. The quantitative estimate of drug-likeness (QED) is 0.895. The molecule has 0 fully saturated rings. The monoisotopic (exact) mass is 245 g/mol. The summed E-state index contributed by atoms with van der Waals surface area (Å²) in [4.78, 5) is 8.75. The Morgan fingerprint density at radius 1 is 1.28 bits per heavy atom. The molecule has 0 saturated carbocycles. The number of aromatic nitrogens is 4. The fourth-order valence-electron chi connectivity index (χ4n) is 1.80. The van der Waals surface area contributed by atoms with Crippen LogP contribution in [0.25, 0.3) is 0 Å². The maximum Gasteiger partial charge on any atom is 0.130 e. The molecule has 96 valence electrons. The summed E-state index contributed by atoms with van der Waals surface area (Å²) < 4.78 is 1.87. The standard InChI is InChI=1S/C13H19N5/c1-5-12-6-13(17-10(3)16-12)14-7-11-8-15-18(4)9(11)2/h6,8H,5,7H2,1-4H3,(H,14,16,17). The van der Waals surface area contributed by atoms with Crippen LogP contribution < -0.4 is 5.32 Å². The van der Waals surface area contributed by atoms with Gasteiger partial charge in [0.1, 0.15) is 11.6 Å². The first-order valence-corrected chi connectivity index (χ1v) is 6.16. The van der Waals surface area contributed by atoms with Gasteiger partial charge in [0.2, 0.25) is 0 Å². The average molecular weight is 245 g/mol. The first-order valence-electron chi connectivity index (χ1n) is 6.16. The van der Waals surface area contributed by atoms with Gasteiger partial charge in [0.05, 0.1) is 6.20 Å². The van der Waals surface area contributed by atoms with Crippen LogP contribution in [0.4, 0.5) is 5.82 Å². The van der Waals surface area contributed by atoms with Crippen LogP contribution in [-0.2, 0) is 20.0 Å². The molecule has 0 unspecified atom stereocenters. The third kappa shape index (κ3) is 2.67. The Bertz CT molecular complexity index is 544. The van der Waals surface area contributed by atoms with E-state index in [-0.39, 0.29) is 0 Å². The molecule has 0 radical (unpaired) electrons. The van der Waals surface area contributed by atoms with Crippen molar-refractivity contribution in [1.29, 1.82) is 0 Å². The lowest BCUT2D eigenvalue weighted by molar-refractivity contribution is 0.738. The van der Waals surface area contributed by atoms with Gasteiger partial charge >= 0.3 is 0 Å². The van der Waals surface area contributed by atoms with Crippen LogP contribution >= 0.6 is 0 Å². The minimum atomic E-state index is 0.735. The van der Waals surface area contributed by atoms with Gasteiger partial charge in [-0.15, -0.1) is 0 Å². The van der Waals surface area contributed by atoms with E-state index in [1.165, 1.54) is 11.3 Å². The van der Waals surface area contributed by atoms with Crippen molar-refractivity contribution in [1.82, 2.24) is 19.7 Å². The zero-order valence-corrected chi connectivity index (χ0v) is 11.4. The molecule has 5 heteroatoms. The van der Waals surface area contributed by atoms with Crippen LogP contribution in [0.1, 0.15) is 29.7 Å². The topological polar surface area (TPSA) is 55.6 Å². The first-order chi connectivity index (χ1) is 8.60. The Labute approximate surface area is 107 Å². The van der Waals surface area contributed by atoms with Crippen LogP contribution in [0.3, 0.4) is 0 Å². The van der Waals surface area contributed by atoms with E-state index in [4.69, 9.17) is 0 Å². The van der Waals surface area contributed by atoms with Crippen LogP contribution in [0, 0.1) is 13.8 Å². The van der Waals surface area contributed by atoms with E-state index in [1.807, 2.05) is 30.9 Å². The predicted octanol–water partition coefficient (Wildman–Crippen LogP) is 2.00. The molecular formula is C13H19N5. The molecule has 5 nitrogen and oxygen atoms in total. The van der Waals surface area contributed by atoms with Crippen LogP contribution in [0.15, 0.2) is 12.3 Å². The highest BCUT2D eigenvalue weighted by Crippen LogP contribution is 2.11. The predicted molar refractivity (Wildman–Crippen MR) is 71.4 cm³/mol. The number of aryl methyl sites for hydroxylation is 3.